The van der Waals surface area contributed by atoms with Crippen molar-refractivity contribution in [1.82, 2.24) is 0 Å². The van der Waals surface area contributed by atoms with Crippen molar-refractivity contribution in [2.75, 3.05) is 25.6 Å². The summed E-state index contributed by atoms with van der Waals surface area (Å²) in [5.74, 6) is -0.400. The highest BCUT2D eigenvalue weighted by molar-refractivity contribution is 7.85. The van der Waals surface area contributed by atoms with Crippen LogP contribution in [0.5, 0.6) is 0 Å². The Bertz CT molecular complexity index is 568. The van der Waals surface area contributed by atoms with Gasteiger partial charge in [0.1, 0.15) is 6.10 Å². The predicted molar refractivity (Wildman–Crippen MR) is 105 cm³/mol. The number of hydrogen-bond acceptors (Lipinski definition) is 4. The Morgan fingerprint density at radius 3 is 2.27 bits per heavy atom. The van der Waals surface area contributed by atoms with Gasteiger partial charge in [0, 0.05) is 6.61 Å². The maximum Gasteiger partial charge on any atom is 0.267 e. The van der Waals surface area contributed by atoms with Crippen LogP contribution in [0.25, 0.3) is 0 Å². The average Bonchev–Trinajstić information content (AvgIpc) is 2.60. The fourth-order valence-corrected chi connectivity index (χ4v) is 3.13. The van der Waals surface area contributed by atoms with Crippen LogP contribution in [-0.2, 0) is 26.0 Å². The van der Waals surface area contributed by atoms with Gasteiger partial charge in [-0.1, -0.05) is 63.3 Å². The lowest BCUT2D eigenvalue weighted by molar-refractivity contribution is -0.00946. The first kappa shape index (κ1) is 23.1. The minimum atomic E-state index is -3.99. The fraction of sp³-hybridized carbons (Fsp3) is 0.700. The summed E-state index contributed by atoms with van der Waals surface area (Å²) in [6.07, 6.45) is 8.63. The number of rotatable bonds is 15. The number of ether oxygens (including phenoxy) is 2. The van der Waals surface area contributed by atoms with Gasteiger partial charge in [0.2, 0.25) is 0 Å². The van der Waals surface area contributed by atoms with Gasteiger partial charge in [-0.15, -0.1) is 0 Å². The molecule has 1 rings (SSSR count). The normalized spacial score (nSPS) is 13.0. The molecule has 0 fully saturated rings. The van der Waals surface area contributed by atoms with Gasteiger partial charge in [0.15, 0.2) is 0 Å². The number of benzene rings is 1. The second-order valence-corrected chi connectivity index (χ2v) is 8.14. The Morgan fingerprint density at radius 2 is 1.65 bits per heavy atom. The molecule has 1 aromatic carbocycles. The van der Waals surface area contributed by atoms with Gasteiger partial charge >= 0.3 is 0 Å². The zero-order chi connectivity index (χ0) is 19.3. The molecule has 6 heteroatoms. The summed E-state index contributed by atoms with van der Waals surface area (Å²) in [6, 6.07) is 8.37. The van der Waals surface area contributed by atoms with Crippen LogP contribution < -0.4 is 0 Å². The Hall–Kier alpha value is -0.950. The van der Waals surface area contributed by atoms with Crippen molar-refractivity contribution in [3.8, 4) is 0 Å². The van der Waals surface area contributed by atoms with Crippen LogP contribution in [0.3, 0.4) is 0 Å². The summed E-state index contributed by atoms with van der Waals surface area (Å²) < 4.78 is 41.2. The Labute approximate surface area is 158 Å². The second kappa shape index (κ2) is 13.3. The predicted octanol–water partition coefficient (Wildman–Crippen LogP) is 4.57. The van der Waals surface area contributed by atoms with Crippen molar-refractivity contribution in [2.45, 2.75) is 64.9 Å². The highest BCUT2D eigenvalue weighted by Gasteiger charge is 2.13. The zero-order valence-corrected chi connectivity index (χ0v) is 17.0. The number of aryl methyl sites for hydroxylation is 1. The zero-order valence-electron chi connectivity index (χ0n) is 16.2. The standard InChI is InChI=1S/C20H34O5S/c1-3-5-6-7-8-9-10-18-11-13-19(14-12-18)20(25-4-2)17-24-15-16-26(21,22)23/h11-14,20H,3-10,15-17H2,1-2H3,(H,21,22,23). The van der Waals surface area contributed by atoms with Gasteiger partial charge in [-0.05, 0) is 30.9 Å². The topological polar surface area (TPSA) is 72.8 Å². The van der Waals surface area contributed by atoms with Crippen LogP contribution in [-0.4, -0.2) is 38.5 Å². The van der Waals surface area contributed by atoms with E-state index in [0.717, 1.165) is 12.0 Å². The molecule has 1 atom stereocenters. The summed E-state index contributed by atoms with van der Waals surface area (Å²) in [4.78, 5) is 0. The largest absolute Gasteiger partial charge is 0.377 e. The van der Waals surface area contributed by atoms with Gasteiger partial charge in [-0.3, -0.25) is 4.55 Å². The first-order chi connectivity index (χ1) is 12.5. The molecule has 0 saturated carbocycles. The molecule has 0 spiro atoms. The molecule has 1 N–H and O–H groups in total. The summed E-state index contributed by atoms with van der Waals surface area (Å²) in [7, 11) is -3.99. The average molecular weight is 387 g/mol. The first-order valence-electron chi connectivity index (χ1n) is 9.69. The van der Waals surface area contributed by atoms with E-state index in [4.69, 9.17) is 14.0 Å². The molecule has 0 heterocycles. The smallest absolute Gasteiger partial charge is 0.267 e. The monoisotopic (exact) mass is 386 g/mol. The molecule has 0 aliphatic carbocycles. The summed E-state index contributed by atoms with van der Waals surface area (Å²) in [5.41, 5.74) is 2.34. The fourth-order valence-electron chi connectivity index (χ4n) is 2.80. The van der Waals surface area contributed by atoms with E-state index in [1.165, 1.54) is 44.1 Å². The van der Waals surface area contributed by atoms with Crippen LogP contribution in [0.15, 0.2) is 24.3 Å². The van der Waals surface area contributed by atoms with Crippen molar-refractivity contribution >= 4 is 10.1 Å². The third-order valence-electron chi connectivity index (χ3n) is 4.29. The van der Waals surface area contributed by atoms with Gasteiger partial charge in [-0.25, -0.2) is 0 Å². The second-order valence-electron chi connectivity index (χ2n) is 6.56. The number of unbranched alkanes of at least 4 members (excludes halogenated alkanes) is 5. The third-order valence-corrected chi connectivity index (χ3v) is 4.98. The van der Waals surface area contributed by atoms with Crippen molar-refractivity contribution in [3.63, 3.8) is 0 Å². The molecular formula is C20H34O5S. The van der Waals surface area contributed by atoms with Crippen molar-refractivity contribution in [3.05, 3.63) is 35.4 Å². The minimum absolute atomic E-state index is 0.0431. The summed E-state index contributed by atoms with van der Waals surface area (Å²) >= 11 is 0. The minimum Gasteiger partial charge on any atom is -0.377 e. The molecule has 0 bridgehead atoms. The third kappa shape index (κ3) is 10.9. The molecule has 26 heavy (non-hydrogen) atoms. The highest BCUT2D eigenvalue weighted by Crippen LogP contribution is 2.20. The van der Waals surface area contributed by atoms with Crippen LogP contribution in [0, 0.1) is 0 Å². The molecule has 0 aliphatic heterocycles. The Kier molecular flexibility index (Phi) is 11.8. The molecule has 0 amide bonds. The Morgan fingerprint density at radius 1 is 1.00 bits per heavy atom. The van der Waals surface area contributed by atoms with E-state index in [0.29, 0.717) is 6.61 Å². The molecule has 1 aromatic rings. The van der Waals surface area contributed by atoms with E-state index in [1.54, 1.807) is 0 Å². The maximum absolute atomic E-state index is 10.7. The van der Waals surface area contributed by atoms with E-state index >= 15 is 0 Å². The highest BCUT2D eigenvalue weighted by atomic mass is 32.2. The van der Waals surface area contributed by atoms with Gasteiger partial charge in [0.25, 0.3) is 10.1 Å². The summed E-state index contributed by atoms with van der Waals surface area (Å²) in [6.45, 7) is 4.92. The lowest BCUT2D eigenvalue weighted by Gasteiger charge is -2.18. The van der Waals surface area contributed by atoms with E-state index < -0.39 is 15.9 Å². The molecule has 5 nitrogen and oxygen atoms in total. The van der Waals surface area contributed by atoms with Crippen LogP contribution in [0.4, 0.5) is 0 Å². The molecule has 1 unspecified atom stereocenters. The summed E-state index contributed by atoms with van der Waals surface area (Å²) in [5, 5.41) is 0. The quantitative estimate of drug-likeness (QED) is 0.353. The number of hydrogen-bond donors (Lipinski definition) is 1. The van der Waals surface area contributed by atoms with Crippen molar-refractivity contribution < 1.29 is 22.4 Å². The molecular weight excluding hydrogens is 352 g/mol. The van der Waals surface area contributed by atoms with Gasteiger partial charge < -0.3 is 9.47 Å². The van der Waals surface area contributed by atoms with Crippen LogP contribution in [0.2, 0.25) is 0 Å². The Balaban J connectivity index is 2.41. The van der Waals surface area contributed by atoms with E-state index in [9.17, 15) is 8.42 Å². The van der Waals surface area contributed by atoms with E-state index in [1.807, 2.05) is 6.92 Å². The van der Waals surface area contributed by atoms with Crippen molar-refractivity contribution in [2.24, 2.45) is 0 Å². The van der Waals surface area contributed by atoms with Gasteiger partial charge in [-0.2, -0.15) is 8.42 Å². The van der Waals surface area contributed by atoms with E-state index in [2.05, 4.69) is 31.2 Å². The lowest BCUT2D eigenvalue weighted by atomic mass is 10.0. The molecule has 0 radical (unpaired) electrons. The van der Waals surface area contributed by atoms with E-state index in [-0.39, 0.29) is 19.3 Å². The van der Waals surface area contributed by atoms with Gasteiger partial charge in [0.05, 0.1) is 19.0 Å². The first-order valence-corrected chi connectivity index (χ1v) is 11.3. The molecule has 0 aromatic heterocycles. The van der Waals surface area contributed by atoms with Crippen LogP contribution >= 0.6 is 0 Å². The van der Waals surface area contributed by atoms with Crippen molar-refractivity contribution in [1.29, 1.82) is 0 Å². The lowest BCUT2D eigenvalue weighted by Crippen LogP contribution is -2.16. The SMILES string of the molecule is CCCCCCCCc1ccc(C(COCCS(=O)(=O)O)OCC)cc1. The molecule has 0 aliphatic rings. The van der Waals surface area contributed by atoms with Crippen LogP contribution in [0.1, 0.15) is 69.6 Å². The molecule has 0 saturated heterocycles. The molecule has 150 valence electrons. The maximum atomic E-state index is 10.7.